The fourth-order valence-corrected chi connectivity index (χ4v) is 3.88. The van der Waals surface area contributed by atoms with E-state index in [1.165, 1.54) is 11.3 Å². The highest BCUT2D eigenvalue weighted by atomic mass is 35.5. The molecule has 1 heterocycles. The van der Waals surface area contributed by atoms with E-state index in [2.05, 4.69) is 44.9 Å². The van der Waals surface area contributed by atoms with E-state index in [1.54, 1.807) is 0 Å². The maximum absolute atomic E-state index is 9.56. The van der Waals surface area contributed by atoms with Gasteiger partial charge in [-0.05, 0) is 61.1 Å². The minimum atomic E-state index is 0.106. The van der Waals surface area contributed by atoms with Crippen molar-refractivity contribution in [2.24, 2.45) is 0 Å². The molecular weight excluding hydrogens is 328 g/mol. The Hall–Kier alpha value is -2.24. The minimum absolute atomic E-state index is 0.106. The van der Waals surface area contributed by atoms with Crippen LogP contribution in [0.2, 0.25) is 5.02 Å². The second kappa shape index (κ2) is 6.58. The molecular formula is C22H23ClN2. The van der Waals surface area contributed by atoms with E-state index in [0.717, 1.165) is 17.5 Å². The highest BCUT2D eigenvalue weighted by molar-refractivity contribution is 6.32. The Morgan fingerprint density at radius 3 is 2.60 bits per heavy atom. The van der Waals surface area contributed by atoms with Crippen molar-refractivity contribution < 1.29 is 0 Å². The van der Waals surface area contributed by atoms with Gasteiger partial charge in [-0.25, -0.2) is 0 Å². The number of hydrogen-bond acceptors (Lipinski definition) is 2. The van der Waals surface area contributed by atoms with Gasteiger partial charge in [0.15, 0.2) is 0 Å². The van der Waals surface area contributed by atoms with E-state index in [0.29, 0.717) is 16.5 Å². The topological polar surface area (TPSA) is 27.0 Å². The van der Waals surface area contributed by atoms with Crippen LogP contribution < -0.4 is 4.90 Å². The normalized spacial score (nSPS) is 19.3. The fraction of sp³-hybridized carbons (Fsp3) is 0.318. The third-order valence-electron chi connectivity index (χ3n) is 5.26. The number of allylic oxidation sites excluding steroid dienone is 1. The van der Waals surface area contributed by atoms with Gasteiger partial charge in [-0.2, -0.15) is 5.26 Å². The van der Waals surface area contributed by atoms with Gasteiger partial charge in [0.25, 0.3) is 0 Å². The van der Waals surface area contributed by atoms with Gasteiger partial charge in [-0.15, -0.1) is 0 Å². The first kappa shape index (κ1) is 17.6. The molecule has 0 spiro atoms. The number of benzene rings is 2. The molecule has 2 aromatic carbocycles. The van der Waals surface area contributed by atoms with E-state index >= 15 is 0 Å². The van der Waals surface area contributed by atoms with Crippen LogP contribution in [0.15, 0.2) is 42.5 Å². The summed E-state index contributed by atoms with van der Waals surface area (Å²) in [4.78, 5) is 2.31. The summed E-state index contributed by atoms with van der Waals surface area (Å²) in [6.45, 7) is 6.78. The lowest BCUT2D eigenvalue weighted by molar-refractivity contribution is 0.395. The molecule has 1 unspecified atom stereocenters. The second-order valence-electron chi connectivity index (χ2n) is 7.45. The lowest BCUT2D eigenvalue weighted by atomic mass is 9.80. The molecule has 3 rings (SSSR count). The molecule has 1 atom stereocenters. The van der Waals surface area contributed by atoms with Crippen LogP contribution in [-0.2, 0) is 0 Å². The summed E-state index contributed by atoms with van der Waals surface area (Å²) in [6.07, 6.45) is 2.98. The Kier molecular flexibility index (Phi) is 4.62. The zero-order valence-corrected chi connectivity index (χ0v) is 15.9. The molecule has 0 N–H and O–H groups in total. The van der Waals surface area contributed by atoms with Crippen molar-refractivity contribution in [3.8, 4) is 6.07 Å². The average Bonchev–Trinajstić information content (AvgIpc) is 2.59. The van der Waals surface area contributed by atoms with Crippen LogP contribution in [0.3, 0.4) is 0 Å². The molecule has 0 saturated carbocycles. The molecule has 25 heavy (non-hydrogen) atoms. The van der Waals surface area contributed by atoms with Crippen LogP contribution in [0.5, 0.6) is 0 Å². The third-order valence-corrected chi connectivity index (χ3v) is 5.58. The molecule has 2 aromatic rings. The first-order chi connectivity index (χ1) is 11.8. The second-order valence-corrected chi connectivity index (χ2v) is 7.85. The highest BCUT2D eigenvalue weighted by Crippen LogP contribution is 2.44. The lowest BCUT2D eigenvalue weighted by Gasteiger charge is -2.45. The predicted octanol–water partition coefficient (Wildman–Crippen LogP) is 6.13. The maximum atomic E-state index is 9.56. The summed E-state index contributed by atoms with van der Waals surface area (Å²) in [5, 5.41) is 10.2. The van der Waals surface area contributed by atoms with E-state index in [4.69, 9.17) is 11.6 Å². The standard InChI is InChI=1S/C22H23ClN2/c1-15-13-22(2,3)25(4)21-12-20(23)17(11-19(15)21)10-18(14-24)16-8-6-5-7-9-16/h5-12,15H,13H2,1-4H3/b18-10+. The van der Waals surface area contributed by atoms with Gasteiger partial charge in [0.05, 0.1) is 11.6 Å². The molecule has 1 aliphatic rings. The van der Waals surface area contributed by atoms with Crippen molar-refractivity contribution in [3.05, 3.63) is 64.2 Å². The maximum Gasteiger partial charge on any atom is 0.0998 e. The molecule has 0 saturated heterocycles. The van der Waals surface area contributed by atoms with Crippen LogP contribution in [0.25, 0.3) is 11.6 Å². The molecule has 2 nitrogen and oxygen atoms in total. The summed E-state index contributed by atoms with van der Waals surface area (Å²) in [6, 6.07) is 16.2. The number of anilines is 1. The molecule has 1 aliphatic heterocycles. The van der Waals surface area contributed by atoms with E-state index < -0.39 is 0 Å². The van der Waals surface area contributed by atoms with Crippen molar-refractivity contribution in [1.82, 2.24) is 0 Å². The first-order valence-corrected chi connectivity index (χ1v) is 8.96. The number of nitrogens with zero attached hydrogens (tertiary/aromatic N) is 2. The highest BCUT2D eigenvalue weighted by Gasteiger charge is 2.34. The molecule has 3 heteroatoms. The largest absolute Gasteiger partial charge is 0.369 e. The van der Waals surface area contributed by atoms with Gasteiger partial charge in [-0.3, -0.25) is 0 Å². The third kappa shape index (κ3) is 3.30. The van der Waals surface area contributed by atoms with Crippen LogP contribution in [0.4, 0.5) is 5.69 Å². The SMILES string of the molecule is CC1CC(C)(C)N(C)c2cc(Cl)c(/C=C(\C#N)c3ccccc3)cc21. The average molecular weight is 351 g/mol. The lowest BCUT2D eigenvalue weighted by Crippen LogP contribution is -2.45. The van der Waals surface area contributed by atoms with Crippen molar-refractivity contribution in [2.45, 2.75) is 38.6 Å². The van der Waals surface area contributed by atoms with Crippen molar-refractivity contribution >= 4 is 28.9 Å². The van der Waals surface area contributed by atoms with E-state index in [9.17, 15) is 5.26 Å². The van der Waals surface area contributed by atoms with Gasteiger partial charge in [0.1, 0.15) is 0 Å². The summed E-state index contributed by atoms with van der Waals surface area (Å²) in [5.74, 6) is 0.452. The monoisotopic (exact) mass is 350 g/mol. The number of halogens is 1. The number of hydrogen-bond donors (Lipinski definition) is 0. The van der Waals surface area contributed by atoms with Crippen LogP contribution in [0, 0.1) is 11.3 Å². The molecule has 0 amide bonds. The van der Waals surface area contributed by atoms with E-state index in [-0.39, 0.29) is 5.54 Å². The van der Waals surface area contributed by atoms with Gasteiger partial charge >= 0.3 is 0 Å². The summed E-state index contributed by atoms with van der Waals surface area (Å²) in [5.41, 5.74) is 5.02. The quantitative estimate of drug-likeness (QED) is 0.481. The molecule has 0 aromatic heterocycles. The van der Waals surface area contributed by atoms with Gasteiger partial charge in [0.2, 0.25) is 0 Å². The smallest absolute Gasteiger partial charge is 0.0998 e. The van der Waals surface area contributed by atoms with Gasteiger partial charge < -0.3 is 4.90 Å². The van der Waals surface area contributed by atoms with Crippen LogP contribution in [-0.4, -0.2) is 12.6 Å². The molecule has 128 valence electrons. The number of rotatable bonds is 2. The zero-order chi connectivity index (χ0) is 18.2. The molecule has 0 bridgehead atoms. The van der Waals surface area contributed by atoms with Gasteiger partial charge in [-0.1, -0.05) is 48.9 Å². The Bertz CT molecular complexity index is 860. The number of fused-ring (bicyclic) bond motifs is 1. The fourth-order valence-electron chi connectivity index (χ4n) is 3.67. The Labute approximate surface area is 155 Å². The Morgan fingerprint density at radius 2 is 1.96 bits per heavy atom. The Morgan fingerprint density at radius 1 is 1.28 bits per heavy atom. The first-order valence-electron chi connectivity index (χ1n) is 8.58. The van der Waals surface area contributed by atoms with Crippen LogP contribution >= 0.6 is 11.6 Å². The van der Waals surface area contributed by atoms with Crippen LogP contribution in [0.1, 0.15) is 49.8 Å². The minimum Gasteiger partial charge on any atom is -0.369 e. The number of nitriles is 1. The Balaban J connectivity index is 2.10. The van der Waals surface area contributed by atoms with Gasteiger partial charge in [0, 0.05) is 23.3 Å². The molecule has 0 fully saturated rings. The predicted molar refractivity (Wildman–Crippen MR) is 107 cm³/mol. The van der Waals surface area contributed by atoms with Crippen molar-refractivity contribution in [1.29, 1.82) is 5.26 Å². The zero-order valence-electron chi connectivity index (χ0n) is 15.2. The summed E-state index contributed by atoms with van der Waals surface area (Å²) < 4.78 is 0. The summed E-state index contributed by atoms with van der Waals surface area (Å²) in [7, 11) is 2.13. The molecule has 0 aliphatic carbocycles. The van der Waals surface area contributed by atoms with E-state index in [1.807, 2.05) is 42.5 Å². The van der Waals surface area contributed by atoms with Crippen molar-refractivity contribution in [2.75, 3.05) is 11.9 Å². The van der Waals surface area contributed by atoms with Crippen molar-refractivity contribution in [3.63, 3.8) is 0 Å². The summed E-state index contributed by atoms with van der Waals surface area (Å²) >= 11 is 6.58. The molecule has 0 radical (unpaired) electrons.